The normalized spacial score (nSPS) is 11.8. The zero-order valence-corrected chi connectivity index (χ0v) is 13.2. The third kappa shape index (κ3) is 3.76. The molecule has 1 atom stereocenters. The van der Waals surface area contributed by atoms with E-state index in [2.05, 4.69) is 5.32 Å². The second-order valence-electron chi connectivity index (χ2n) is 5.17. The molecule has 0 saturated carbocycles. The van der Waals surface area contributed by atoms with E-state index in [1.165, 1.54) is 0 Å². The van der Waals surface area contributed by atoms with Gasteiger partial charge in [-0.1, -0.05) is 35.9 Å². The Balaban J connectivity index is 2.18. The second kappa shape index (κ2) is 6.64. The van der Waals surface area contributed by atoms with Crippen molar-refractivity contribution in [3.05, 3.63) is 64.7 Å². The third-order valence-electron chi connectivity index (χ3n) is 3.27. The van der Waals surface area contributed by atoms with Crippen LogP contribution in [0.3, 0.4) is 0 Å². The Labute approximate surface area is 130 Å². The van der Waals surface area contributed by atoms with E-state index in [0.29, 0.717) is 5.56 Å². The Hall–Kier alpha value is -2.00. The number of amides is 1. The van der Waals surface area contributed by atoms with Gasteiger partial charge in [0.15, 0.2) is 0 Å². The van der Waals surface area contributed by atoms with Gasteiger partial charge in [-0.05, 0) is 36.8 Å². The van der Waals surface area contributed by atoms with Crippen molar-refractivity contribution in [2.45, 2.75) is 13.0 Å². The van der Waals surface area contributed by atoms with Gasteiger partial charge in [0.05, 0.1) is 0 Å². The van der Waals surface area contributed by atoms with Crippen LogP contribution in [0.15, 0.2) is 48.5 Å². The van der Waals surface area contributed by atoms with Crippen molar-refractivity contribution in [2.75, 3.05) is 19.4 Å². The molecule has 2 aromatic carbocycles. The number of halogens is 1. The van der Waals surface area contributed by atoms with Gasteiger partial charge in [-0.25, -0.2) is 0 Å². The summed E-state index contributed by atoms with van der Waals surface area (Å²) in [5, 5.41) is 4.11. The zero-order valence-electron chi connectivity index (χ0n) is 12.4. The number of nitrogens with one attached hydrogen (secondary N) is 1. The first kappa shape index (κ1) is 15.4. The van der Waals surface area contributed by atoms with Crippen LogP contribution < -0.4 is 5.32 Å². The first-order valence-corrected chi connectivity index (χ1v) is 7.19. The molecule has 0 spiro atoms. The van der Waals surface area contributed by atoms with Crippen molar-refractivity contribution >= 4 is 23.2 Å². The van der Waals surface area contributed by atoms with Crippen LogP contribution in [0.25, 0.3) is 0 Å². The number of hydrogen-bond acceptors (Lipinski definition) is 2. The van der Waals surface area contributed by atoms with Gasteiger partial charge in [0.25, 0.3) is 5.91 Å². The minimum atomic E-state index is -0.0101. The topological polar surface area (TPSA) is 32.3 Å². The number of carbonyl (C=O) groups is 1. The summed E-state index contributed by atoms with van der Waals surface area (Å²) in [6.07, 6.45) is 0. The fourth-order valence-corrected chi connectivity index (χ4v) is 2.45. The molecule has 1 amide bonds. The number of benzene rings is 2. The summed E-state index contributed by atoms with van der Waals surface area (Å²) in [7, 11) is 3.49. The van der Waals surface area contributed by atoms with E-state index < -0.39 is 0 Å². The van der Waals surface area contributed by atoms with Gasteiger partial charge < -0.3 is 10.2 Å². The van der Waals surface area contributed by atoms with Crippen molar-refractivity contribution in [1.82, 2.24) is 4.90 Å². The Morgan fingerprint density at radius 3 is 2.52 bits per heavy atom. The van der Waals surface area contributed by atoms with Gasteiger partial charge in [0.2, 0.25) is 0 Å². The first-order chi connectivity index (χ1) is 9.99. The lowest BCUT2D eigenvalue weighted by Gasteiger charge is -2.18. The maximum absolute atomic E-state index is 12.0. The van der Waals surface area contributed by atoms with E-state index in [1.807, 2.05) is 55.5 Å². The van der Waals surface area contributed by atoms with E-state index >= 15 is 0 Å². The monoisotopic (exact) mass is 302 g/mol. The fraction of sp³-hybridized carbons (Fsp3) is 0.235. The van der Waals surface area contributed by atoms with Crippen molar-refractivity contribution in [2.24, 2.45) is 0 Å². The number of hydrogen-bond donors (Lipinski definition) is 1. The Morgan fingerprint density at radius 2 is 1.86 bits per heavy atom. The highest BCUT2D eigenvalue weighted by molar-refractivity contribution is 6.31. The molecule has 0 heterocycles. The molecule has 0 fully saturated rings. The number of rotatable bonds is 4. The summed E-state index contributed by atoms with van der Waals surface area (Å²) in [6.45, 7) is 2.04. The van der Waals surface area contributed by atoms with Gasteiger partial charge in [-0.15, -0.1) is 0 Å². The molecule has 0 aliphatic carbocycles. The summed E-state index contributed by atoms with van der Waals surface area (Å²) < 4.78 is 0. The van der Waals surface area contributed by atoms with Crippen LogP contribution >= 0.6 is 11.6 Å². The highest BCUT2D eigenvalue weighted by Gasteiger charge is 2.11. The molecular formula is C17H19ClN2O. The van der Waals surface area contributed by atoms with E-state index in [4.69, 9.17) is 11.6 Å². The highest BCUT2D eigenvalue weighted by Crippen LogP contribution is 2.26. The summed E-state index contributed by atoms with van der Waals surface area (Å²) in [4.78, 5) is 13.5. The lowest BCUT2D eigenvalue weighted by molar-refractivity contribution is 0.0827. The quantitative estimate of drug-likeness (QED) is 0.917. The van der Waals surface area contributed by atoms with Gasteiger partial charge in [0, 0.05) is 36.4 Å². The second-order valence-corrected chi connectivity index (χ2v) is 5.58. The van der Waals surface area contributed by atoms with Gasteiger partial charge in [0.1, 0.15) is 0 Å². The zero-order chi connectivity index (χ0) is 15.4. The fourth-order valence-electron chi connectivity index (χ4n) is 2.15. The average molecular weight is 303 g/mol. The summed E-state index contributed by atoms with van der Waals surface area (Å²) in [5.74, 6) is -0.0101. The molecule has 3 nitrogen and oxygen atoms in total. The molecule has 0 saturated heterocycles. The molecule has 0 radical (unpaired) electrons. The van der Waals surface area contributed by atoms with Gasteiger partial charge in [-0.3, -0.25) is 4.79 Å². The summed E-state index contributed by atoms with van der Waals surface area (Å²) in [6, 6.07) is 15.3. The molecule has 2 rings (SSSR count). The van der Waals surface area contributed by atoms with Crippen LogP contribution in [0.1, 0.15) is 28.9 Å². The Kier molecular flexibility index (Phi) is 4.86. The molecule has 21 heavy (non-hydrogen) atoms. The molecule has 1 unspecified atom stereocenters. The first-order valence-electron chi connectivity index (χ1n) is 6.81. The molecule has 0 aliphatic rings. The molecule has 2 aromatic rings. The lowest BCUT2D eigenvalue weighted by Crippen LogP contribution is -2.21. The van der Waals surface area contributed by atoms with Crippen LogP contribution in [0.2, 0.25) is 5.02 Å². The highest BCUT2D eigenvalue weighted by atomic mass is 35.5. The molecular weight excluding hydrogens is 284 g/mol. The molecule has 1 N–H and O–H groups in total. The van der Waals surface area contributed by atoms with Crippen LogP contribution in [0.5, 0.6) is 0 Å². The summed E-state index contributed by atoms with van der Waals surface area (Å²) in [5.41, 5.74) is 2.59. The minimum absolute atomic E-state index is 0.0101. The van der Waals surface area contributed by atoms with Crippen LogP contribution in [-0.2, 0) is 0 Å². The number of carbonyl (C=O) groups excluding carboxylic acids is 1. The van der Waals surface area contributed by atoms with Gasteiger partial charge in [-0.2, -0.15) is 0 Å². The van der Waals surface area contributed by atoms with Crippen molar-refractivity contribution in [3.8, 4) is 0 Å². The number of nitrogens with zero attached hydrogens (tertiary/aromatic N) is 1. The minimum Gasteiger partial charge on any atom is -0.378 e. The Bertz CT molecular complexity index is 640. The smallest absolute Gasteiger partial charge is 0.253 e. The van der Waals surface area contributed by atoms with Crippen molar-refractivity contribution in [3.63, 3.8) is 0 Å². The molecule has 4 heteroatoms. The van der Waals surface area contributed by atoms with E-state index in [1.54, 1.807) is 19.0 Å². The summed E-state index contributed by atoms with van der Waals surface area (Å²) >= 11 is 6.21. The predicted molar refractivity (Wildman–Crippen MR) is 87.9 cm³/mol. The standard InChI is InChI=1S/C17H19ClN2O/c1-12(15-9-4-5-10-16(15)18)19-14-8-6-7-13(11-14)17(21)20(2)3/h4-12,19H,1-3H3. The van der Waals surface area contributed by atoms with Crippen molar-refractivity contribution in [1.29, 1.82) is 0 Å². The van der Waals surface area contributed by atoms with E-state index in [-0.39, 0.29) is 11.9 Å². The maximum atomic E-state index is 12.0. The third-order valence-corrected chi connectivity index (χ3v) is 3.61. The molecule has 110 valence electrons. The molecule has 0 aliphatic heterocycles. The van der Waals surface area contributed by atoms with E-state index in [9.17, 15) is 4.79 Å². The van der Waals surface area contributed by atoms with Gasteiger partial charge >= 0.3 is 0 Å². The Morgan fingerprint density at radius 1 is 1.14 bits per heavy atom. The predicted octanol–water partition coefficient (Wildman–Crippen LogP) is 4.21. The molecule has 0 bridgehead atoms. The average Bonchev–Trinajstić information content (AvgIpc) is 2.47. The SMILES string of the molecule is CC(Nc1cccc(C(=O)N(C)C)c1)c1ccccc1Cl. The van der Waals surface area contributed by atoms with Crippen LogP contribution in [-0.4, -0.2) is 24.9 Å². The number of anilines is 1. The van der Waals surface area contributed by atoms with Crippen LogP contribution in [0.4, 0.5) is 5.69 Å². The van der Waals surface area contributed by atoms with Crippen LogP contribution in [0, 0.1) is 0 Å². The lowest BCUT2D eigenvalue weighted by atomic mass is 10.1. The van der Waals surface area contributed by atoms with E-state index in [0.717, 1.165) is 16.3 Å². The largest absolute Gasteiger partial charge is 0.378 e. The maximum Gasteiger partial charge on any atom is 0.253 e. The van der Waals surface area contributed by atoms with Crippen molar-refractivity contribution < 1.29 is 4.79 Å². The molecule has 0 aromatic heterocycles.